The van der Waals surface area contributed by atoms with E-state index in [1.54, 1.807) is 6.20 Å². The van der Waals surface area contributed by atoms with Crippen LogP contribution in [0.25, 0.3) is 11.0 Å². The number of aromatic nitrogens is 3. The summed E-state index contributed by atoms with van der Waals surface area (Å²) in [5.74, 6) is 0.0930. The monoisotopic (exact) mass is 273 g/mol. The van der Waals surface area contributed by atoms with E-state index in [1.807, 2.05) is 12.1 Å². The molecule has 2 aromatic rings. The molecule has 3 rings (SSSR count). The highest BCUT2D eigenvalue weighted by atomic mass is 16.1. The molecule has 0 spiro atoms. The summed E-state index contributed by atoms with van der Waals surface area (Å²) < 4.78 is 0. The molecule has 0 aromatic carbocycles. The fourth-order valence-electron chi connectivity index (χ4n) is 2.75. The van der Waals surface area contributed by atoms with Gasteiger partial charge in [0, 0.05) is 24.0 Å². The first kappa shape index (κ1) is 13.1. The Morgan fingerprint density at radius 2 is 2.50 bits per heavy atom. The van der Waals surface area contributed by atoms with Crippen LogP contribution in [-0.4, -0.2) is 45.6 Å². The first-order chi connectivity index (χ1) is 9.74. The number of aromatic amines is 1. The SMILES string of the molecule is CN1CCCC1CC(=O)NCc1[nH]nc2ncccc12. The zero-order chi connectivity index (χ0) is 13.9. The molecule has 1 fully saturated rings. The van der Waals surface area contributed by atoms with Gasteiger partial charge in [-0.2, -0.15) is 5.10 Å². The van der Waals surface area contributed by atoms with Crippen molar-refractivity contribution in [2.24, 2.45) is 0 Å². The molecule has 20 heavy (non-hydrogen) atoms. The lowest BCUT2D eigenvalue weighted by Gasteiger charge is -2.18. The van der Waals surface area contributed by atoms with E-state index in [2.05, 4.69) is 32.4 Å². The number of amides is 1. The summed E-state index contributed by atoms with van der Waals surface area (Å²) in [6, 6.07) is 4.21. The summed E-state index contributed by atoms with van der Waals surface area (Å²) in [5.41, 5.74) is 1.59. The van der Waals surface area contributed by atoms with Crippen LogP contribution in [0.4, 0.5) is 0 Å². The molecule has 2 aromatic heterocycles. The average Bonchev–Trinajstić information content (AvgIpc) is 3.04. The summed E-state index contributed by atoms with van der Waals surface area (Å²) in [5, 5.41) is 11.0. The van der Waals surface area contributed by atoms with Crippen molar-refractivity contribution in [3.8, 4) is 0 Å². The van der Waals surface area contributed by atoms with E-state index in [-0.39, 0.29) is 5.91 Å². The summed E-state index contributed by atoms with van der Waals surface area (Å²) in [6.07, 6.45) is 4.58. The highest BCUT2D eigenvalue weighted by molar-refractivity contribution is 5.79. The lowest BCUT2D eigenvalue weighted by atomic mass is 10.1. The maximum absolute atomic E-state index is 12.0. The normalized spacial score (nSPS) is 19.6. The summed E-state index contributed by atoms with van der Waals surface area (Å²) in [7, 11) is 2.08. The van der Waals surface area contributed by atoms with Crippen molar-refractivity contribution in [1.82, 2.24) is 25.4 Å². The molecule has 6 nitrogen and oxygen atoms in total. The Labute approximate surface area is 117 Å². The van der Waals surface area contributed by atoms with Crippen LogP contribution in [0.1, 0.15) is 25.0 Å². The van der Waals surface area contributed by atoms with E-state index in [4.69, 9.17) is 0 Å². The van der Waals surface area contributed by atoms with Crippen LogP contribution in [0.3, 0.4) is 0 Å². The molecule has 1 amide bonds. The van der Waals surface area contributed by atoms with E-state index in [1.165, 1.54) is 6.42 Å². The number of nitrogens with zero attached hydrogens (tertiary/aromatic N) is 3. The quantitative estimate of drug-likeness (QED) is 0.873. The van der Waals surface area contributed by atoms with Crippen molar-refractivity contribution < 1.29 is 4.79 Å². The molecule has 0 saturated carbocycles. The second-order valence-corrected chi connectivity index (χ2v) is 5.33. The first-order valence-corrected chi connectivity index (χ1v) is 6.99. The van der Waals surface area contributed by atoms with Crippen molar-refractivity contribution in [2.75, 3.05) is 13.6 Å². The molecule has 0 aliphatic carbocycles. The molecule has 0 bridgehead atoms. The number of rotatable bonds is 4. The summed E-state index contributed by atoms with van der Waals surface area (Å²) in [4.78, 5) is 18.4. The maximum atomic E-state index is 12.0. The Balaban J connectivity index is 1.57. The Bertz CT molecular complexity index is 608. The molecular weight excluding hydrogens is 254 g/mol. The number of likely N-dealkylation sites (tertiary alicyclic amines) is 1. The van der Waals surface area contributed by atoms with Crippen molar-refractivity contribution >= 4 is 16.9 Å². The van der Waals surface area contributed by atoms with Crippen LogP contribution in [-0.2, 0) is 11.3 Å². The first-order valence-electron chi connectivity index (χ1n) is 6.99. The highest BCUT2D eigenvalue weighted by Gasteiger charge is 2.23. The fourth-order valence-corrected chi connectivity index (χ4v) is 2.75. The predicted octanol–water partition coefficient (Wildman–Crippen LogP) is 1.06. The van der Waals surface area contributed by atoms with Crippen LogP contribution in [0, 0.1) is 0 Å². The number of fused-ring (bicyclic) bond motifs is 1. The van der Waals surface area contributed by atoms with Crippen LogP contribution >= 0.6 is 0 Å². The van der Waals surface area contributed by atoms with Gasteiger partial charge in [0.15, 0.2) is 5.65 Å². The third kappa shape index (κ3) is 2.65. The van der Waals surface area contributed by atoms with Gasteiger partial charge in [-0.15, -0.1) is 0 Å². The highest BCUT2D eigenvalue weighted by Crippen LogP contribution is 2.18. The van der Waals surface area contributed by atoms with E-state index in [9.17, 15) is 4.79 Å². The van der Waals surface area contributed by atoms with Crippen molar-refractivity contribution in [1.29, 1.82) is 0 Å². The largest absolute Gasteiger partial charge is 0.350 e. The van der Waals surface area contributed by atoms with Crippen molar-refractivity contribution in [2.45, 2.75) is 31.8 Å². The second kappa shape index (κ2) is 5.58. The predicted molar refractivity (Wildman–Crippen MR) is 76.0 cm³/mol. The molecule has 1 atom stereocenters. The Kier molecular flexibility index (Phi) is 3.64. The molecule has 1 aliphatic rings. The standard InChI is InChI=1S/C14H19N5O/c1-19-7-3-4-10(19)8-13(20)16-9-12-11-5-2-6-15-14(11)18-17-12/h2,5-6,10H,3-4,7-9H2,1H3,(H,16,20)(H,15,17,18). The number of hydrogen-bond donors (Lipinski definition) is 2. The summed E-state index contributed by atoms with van der Waals surface area (Å²) in [6.45, 7) is 1.56. The smallest absolute Gasteiger partial charge is 0.221 e. The molecular formula is C14H19N5O. The molecule has 1 unspecified atom stereocenters. The molecule has 6 heteroatoms. The maximum Gasteiger partial charge on any atom is 0.221 e. The van der Waals surface area contributed by atoms with Gasteiger partial charge in [0.05, 0.1) is 12.2 Å². The van der Waals surface area contributed by atoms with Gasteiger partial charge >= 0.3 is 0 Å². The number of nitrogens with one attached hydrogen (secondary N) is 2. The number of carbonyl (C=O) groups excluding carboxylic acids is 1. The van der Waals surface area contributed by atoms with Gasteiger partial charge in [0.2, 0.25) is 5.91 Å². The van der Waals surface area contributed by atoms with Gasteiger partial charge in [-0.3, -0.25) is 9.89 Å². The second-order valence-electron chi connectivity index (χ2n) is 5.33. The van der Waals surface area contributed by atoms with Gasteiger partial charge in [0.25, 0.3) is 0 Å². The van der Waals surface area contributed by atoms with Gasteiger partial charge < -0.3 is 10.2 Å². The molecule has 0 radical (unpaired) electrons. The molecule has 1 saturated heterocycles. The third-order valence-corrected chi connectivity index (χ3v) is 3.96. The number of H-pyrrole nitrogens is 1. The van der Waals surface area contributed by atoms with E-state index in [0.717, 1.165) is 24.0 Å². The minimum Gasteiger partial charge on any atom is -0.350 e. The zero-order valence-corrected chi connectivity index (χ0v) is 11.6. The Hall–Kier alpha value is -1.95. The van der Waals surface area contributed by atoms with Crippen LogP contribution < -0.4 is 5.32 Å². The lowest BCUT2D eigenvalue weighted by Crippen LogP contribution is -2.32. The third-order valence-electron chi connectivity index (χ3n) is 3.96. The van der Waals surface area contributed by atoms with Gasteiger partial charge in [0.1, 0.15) is 0 Å². The average molecular weight is 273 g/mol. The molecule has 106 valence electrons. The van der Waals surface area contributed by atoms with Gasteiger partial charge in [-0.05, 0) is 38.6 Å². The van der Waals surface area contributed by atoms with E-state index >= 15 is 0 Å². The van der Waals surface area contributed by atoms with Crippen molar-refractivity contribution in [3.63, 3.8) is 0 Å². The van der Waals surface area contributed by atoms with Crippen LogP contribution in [0.2, 0.25) is 0 Å². The van der Waals surface area contributed by atoms with Crippen LogP contribution in [0.15, 0.2) is 18.3 Å². The van der Waals surface area contributed by atoms with E-state index in [0.29, 0.717) is 24.7 Å². The number of carbonyl (C=O) groups is 1. The minimum absolute atomic E-state index is 0.0930. The number of pyridine rings is 1. The molecule has 1 aliphatic heterocycles. The topological polar surface area (TPSA) is 73.9 Å². The van der Waals surface area contributed by atoms with Crippen molar-refractivity contribution in [3.05, 3.63) is 24.0 Å². The van der Waals surface area contributed by atoms with E-state index < -0.39 is 0 Å². The summed E-state index contributed by atoms with van der Waals surface area (Å²) >= 11 is 0. The fraction of sp³-hybridized carbons (Fsp3) is 0.500. The Morgan fingerprint density at radius 3 is 3.30 bits per heavy atom. The van der Waals surface area contributed by atoms with Crippen LogP contribution in [0.5, 0.6) is 0 Å². The molecule has 3 heterocycles. The lowest BCUT2D eigenvalue weighted by molar-refractivity contribution is -0.122. The molecule has 2 N–H and O–H groups in total. The zero-order valence-electron chi connectivity index (χ0n) is 11.6. The van der Waals surface area contributed by atoms with Gasteiger partial charge in [-0.25, -0.2) is 4.98 Å². The Morgan fingerprint density at radius 1 is 1.60 bits per heavy atom. The number of hydrogen-bond acceptors (Lipinski definition) is 4. The van der Waals surface area contributed by atoms with Gasteiger partial charge in [-0.1, -0.05) is 0 Å². The minimum atomic E-state index is 0.0930.